The lowest BCUT2D eigenvalue weighted by Crippen LogP contribution is -2.44. The first-order chi connectivity index (χ1) is 8.78. The zero-order valence-corrected chi connectivity index (χ0v) is 11.5. The van der Waals surface area contributed by atoms with Crippen molar-refractivity contribution in [2.24, 2.45) is 0 Å². The SMILES string of the molecule is CCNCc1cccc(CN2CCN(C)CC2)n1. The van der Waals surface area contributed by atoms with Gasteiger partial charge in [0.15, 0.2) is 0 Å². The van der Waals surface area contributed by atoms with Gasteiger partial charge in [-0.25, -0.2) is 0 Å². The first-order valence-corrected chi connectivity index (χ1v) is 6.84. The molecule has 1 saturated heterocycles. The average Bonchev–Trinajstić information content (AvgIpc) is 2.40. The van der Waals surface area contributed by atoms with Crippen molar-refractivity contribution in [1.29, 1.82) is 0 Å². The van der Waals surface area contributed by atoms with Crippen LogP contribution in [0.25, 0.3) is 0 Å². The maximum Gasteiger partial charge on any atom is 0.0547 e. The summed E-state index contributed by atoms with van der Waals surface area (Å²) in [4.78, 5) is 9.57. The van der Waals surface area contributed by atoms with Crippen LogP contribution in [-0.2, 0) is 13.1 Å². The van der Waals surface area contributed by atoms with E-state index in [1.807, 2.05) is 0 Å². The molecule has 1 aliphatic rings. The molecule has 18 heavy (non-hydrogen) atoms. The fraction of sp³-hybridized carbons (Fsp3) is 0.643. The summed E-state index contributed by atoms with van der Waals surface area (Å²) in [5, 5.41) is 3.32. The first-order valence-electron chi connectivity index (χ1n) is 6.84. The van der Waals surface area contributed by atoms with Gasteiger partial charge in [0, 0.05) is 39.3 Å². The Hall–Kier alpha value is -0.970. The summed E-state index contributed by atoms with van der Waals surface area (Å²) in [6.45, 7) is 9.58. The van der Waals surface area contributed by atoms with Gasteiger partial charge in [-0.05, 0) is 25.7 Å². The monoisotopic (exact) mass is 248 g/mol. The molecule has 2 heterocycles. The van der Waals surface area contributed by atoms with E-state index in [9.17, 15) is 0 Å². The van der Waals surface area contributed by atoms with Crippen LogP contribution in [0.15, 0.2) is 18.2 Å². The van der Waals surface area contributed by atoms with Gasteiger partial charge < -0.3 is 10.2 Å². The predicted octanol–water partition coefficient (Wildman–Crippen LogP) is 0.939. The number of nitrogens with one attached hydrogen (secondary N) is 1. The highest BCUT2D eigenvalue weighted by Crippen LogP contribution is 2.06. The van der Waals surface area contributed by atoms with Crippen molar-refractivity contribution in [2.45, 2.75) is 20.0 Å². The lowest BCUT2D eigenvalue weighted by atomic mass is 10.2. The van der Waals surface area contributed by atoms with Crippen molar-refractivity contribution in [3.05, 3.63) is 29.6 Å². The molecule has 0 aliphatic carbocycles. The van der Waals surface area contributed by atoms with Crippen molar-refractivity contribution in [1.82, 2.24) is 20.1 Å². The molecular formula is C14H24N4. The topological polar surface area (TPSA) is 31.4 Å². The number of pyridine rings is 1. The van der Waals surface area contributed by atoms with Crippen LogP contribution in [0, 0.1) is 0 Å². The van der Waals surface area contributed by atoms with E-state index in [1.165, 1.54) is 5.69 Å². The maximum absolute atomic E-state index is 4.71. The molecule has 2 rings (SSSR count). The lowest BCUT2D eigenvalue weighted by Gasteiger charge is -2.32. The van der Waals surface area contributed by atoms with Gasteiger partial charge in [0.05, 0.1) is 11.4 Å². The molecule has 0 aromatic carbocycles. The van der Waals surface area contributed by atoms with Gasteiger partial charge in [0.2, 0.25) is 0 Å². The molecule has 1 fully saturated rings. The third-order valence-corrected chi connectivity index (χ3v) is 3.40. The average molecular weight is 248 g/mol. The molecular weight excluding hydrogens is 224 g/mol. The molecule has 0 amide bonds. The summed E-state index contributed by atoms with van der Waals surface area (Å²) in [5.41, 5.74) is 2.33. The van der Waals surface area contributed by atoms with Gasteiger partial charge in [-0.1, -0.05) is 13.0 Å². The Morgan fingerprint density at radius 3 is 2.61 bits per heavy atom. The van der Waals surface area contributed by atoms with Gasteiger partial charge in [0.25, 0.3) is 0 Å². The summed E-state index contributed by atoms with van der Waals surface area (Å²) in [6, 6.07) is 6.34. The highest BCUT2D eigenvalue weighted by Gasteiger charge is 2.14. The van der Waals surface area contributed by atoms with Crippen LogP contribution in [0.1, 0.15) is 18.3 Å². The summed E-state index contributed by atoms with van der Waals surface area (Å²) >= 11 is 0. The van der Waals surface area contributed by atoms with Crippen LogP contribution in [-0.4, -0.2) is 54.6 Å². The first kappa shape index (κ1) is 13.5. The highest BCUT2D eigenvalue weighted by molar-refractivity contribution is 5.11. The second kappa shape index (κ2) is 6.83. The van der Waals surface area contributed by atoms with Gasteiger partial charge in [-0.2, -0.15) is 0 Å². The molecule has 1 N–H and O–H groups in total. The molecule has 0 unspecified atom stereocenters. The number of rotatable bonds is 5. The van der Waals surface area contributed by atoms with Crippen LogP contribution in [0.3, 0.4) is 0 Å². The van der Waals surface area contributed by atoms with Gasteiger partial charge in [0.1, 0.15) is 0 Å². The molecule has 1 aromatic rings. The Labute approximate surface area is 110 Å². The van der Waals surface area contributed by atoms with Crippen molar-refractivity contribution < 1.29 is 0 Å². The number of likely N-dealkylation sites (N-methyl/N-ethyl adjacent to an activating group) is 1. The van der Waals surface area contributed by atoms with Gasteiger partial charge >= 0.3 is 0 Å². The van der Waals surface area contributed by atoms with Crippen molar-refractivity contribution in [3.8, 4) is 0 Å². The van der Waals surface area contributed by atoms with Gasteiger partial charge in [-0.3, -0.25) is 9.88 Å². The number of nitrogens with zero attached hydrogens (tertiary/aromatic N) is 3. The summed E-state index contributed by atoms with van der Waals surface area (Å²) in [7, 11) is 2.19. The second-order valence-corrected chi connectivity index (χ2v) is 4.98. The van der Waals surface area contributed by atoms with Crippen LogP contribution in [0.4, 0.5) is 0 Å². The second-order valence-electron chi connectivity index (χ2n) is 4.98. The number of hydrogen-bond acceptors (Lipinski definition) is 4. The van der Waals surface area contributed by atoms with Crippen LogP contribution in [0.2, 0.25) is 0 Å². The van der Waals surface area contributed by atoms with Crippen LogP contribution < -0.4 is 5.32 Å². The predicted molar refractivity (Wildman–Crippen MR) is 74.4 cm³/mol. The summed E-state index contributed by atoms with van der Waals surface area (Å²) in [6.07, 6.45) is 0. The molecule has 1 aliphatic heterocycles. The number of hydrogen-bond donors (Lipinski definition) is 1. The Bertz CT molecular complexity index is 359. The Balaban J connectivity index is 1.88. The fourth-order valence-corrected chi connectivity index (χ4v) is 2.20. The van der Waals surface area contributed by atoms with E-state index >= 15 is 0 Å². The van der Waals surface area contributed by atoms with Gasteiger partial charge in [-0.15, -0.1) is 0 Å². The third kappa shape index (κ3) is 4.05. The molecule has 1 aromatic heterocycles. The third-order valence-electron chi connectivity index (χ3n) is 3.40. The molecule has 0 radical (unpaired) electrons. The van der Waals surface area contributed by atoms with Crippen molar-refractivity contribution in [2.75, 3.05) is 39.8 Å². The quantitative estimate of drug-likeness (QED) is 0.840. The maximum atomic E-state index is 4.71. The zero-order chi connectivity index (χ0) is 12.8. The summed E-state index contributed by atoms with van der Waals surface area (Å²) in [5.74, 6) is 0. The molecule has 0 saturated carbocycles. The largest absolute Gasteiger partial charge is 0.311 e. The molecule has 0 bridgehead atoms. The normalized spacial score (nSPS) is 18.1. The summed E-state index contributed by atoms with van der Waals surface area (Å²) < 4.78 is 0. The van der Waals surface area contributed by atoms with E-state index in [0.29, 0.717) is 0 Å². The molecule has 100 valence electrons. The van der Waals surface area contributed by atoms with Crippen molar-refractivity contribution >= 4 is 0 Å². The number of piperazine rings is 1. The zero-order valence-electron chi connectivity index (χ0n) is 11.5. The van der Waals surface area contributed by atoms with E-state index in [0.717, 1.165) is 51.5 Å². The smallest absolute Gasteiger partial charge is 0.0547 e. The lowest BCUT2D eigenvalue weighted by molar-refractivity contribution is 0.147. The van der Waals surface area contributed by atoms with Crippen LogP contribution in [0.5, 0.6) is 0 Å². The minimum atomic E-state index is 0.868. The van der Waals surface area contributed by atoms with Crippen molar-refractivity contribution in [3.63, 3.8) is 0 Å². The minimum Gasteiger partial charge on any atom is -0.311 e. The Morgan fingerprint density at radius 1 is 1.17 bits per heavy atom. The van der Waals surface area contributed by atoms with E-state index in [-0.39, 0.29) is 0 Å². The van der Waals surface area contributed by atoms with E-state index in [1.54, 1.807) is 0 Å². The standard InChI is InChI=1S/C14H24N4/c1-3-15-11-13-5-4-6-14(16-13)12-18-9-7-17(2)8-10-18/h4-6,15H,3,7-12H2,1-2H3. The minimum absolute atomic E-state index is 0.868. The molecule has 0 atom stereocenters. The highest BCUT2D eigenvalue weighted by atomic mass is 15.2. The number of aromatic nitrogens is 1. The fourth-order valence-electron chi connectivity index (χ4n) is 2.20. The molecule has 4 nitrogen and oxygen atoms in total. The van der Waals surface area contributed by atoms with E-state index < -0.39 is 0 Å². The van der Waals surface area contributed by atoms with E-state index in [2.05, 4.69) is 47.3 Å². The Kier molecular flexibility index (Phi) is 5.11. The Morgan fingerprint density at radius 2 is 1.89 bits per heavy atom. The van der Waals surface area contributed by atoms with Crippen LogP contribution >= 0.6 is 0 Å². The molecule has 0 spiro atoms. The van der Waals surface area contributed by atoms with E-state index in [4.69, 9.17) is 4.98 Å². The molecule has 4 heteroatoms.